The van der Waals surface area contributed by atoms with Gasteiger partial charge in [0.25, 0.3) is 0 Å². The lowest BCUT2D eigenvalue weighted by atomic mass is 10.0. The number of nitrogens with two attached hydrogens (primary N) is 1. The van der Waals surface area contributed by atoms with Crippen LogP contribution in [0.5, 0.6) is 0 Å². The Labute approximate surface area is 128 Å². The summed E-state index contributed by atoms with van der Waals surface area (Å²) in [6.07, 6.45) is 3.84. The fraction of sp³-hybridized carbons (Fsp3) is 0.929. The molecule has 20 heavy (non-hydrogen) atoms. The third-order valence-electron chi connectivity index (χ3n) is 3.20. The molecule has 0 aromatic heterocycles. The molecule has 1 fully saturated rings. The number of ether oxygens (including phenoxy) is 2. The van der Waals surface area contributed by atoms with Crippen LogP contribution in [0.4, 0.5) is 0 Å². The number of carbonyl (C=O) groups is 1. The van der Waals surface area contributed by atoms with Gasteiger partial charge in [0.15, 0.2) is 0 Å². The van der Waals surface area contributed by atoms with Crippen molar-refractivity contribution in [3.8, 4) is 0 Å². The van der Waals surface area contributed by atoms with Crippen molar-refractivity contribution in [1.82, 2.24) is 5.32 Å². The van der Waals surface area contributed by atoms with E-state index in [1.165, 1.54) is 0 Å². The van der Waals surface area contributed by atoms with Gasteiger partial charge in [0.1, 0.15) is 0 Å². The fourth-order valence-corrected chi connectivity index (χ4v) is 2.12. The summed E-state index contributed by atoms with van der Waals surface area (Å²) in [5.41, 5.74) is 5.79. The zero-order valence-electron chi connectivity index (χ0n) is 12.6. The average Bonchev–Trinajstić information content (AvgIpc) is 2.38. The van der Waals surface area contributed by atoms with Crippen molar-refractivity contribution >= 4 is 18.3 Å². The molecule has 0 aliphatic carbocycles. The van der Waals surface area contributed by atoms with Gasteiger partial charge in [-0.25, -0.2) is 0 Å². The molecule has 1 aliphatic heterocycles. The Morgan fingerprint density at radius 2 is 2.05 bits per heavy atom. The molecule has 0 saturated carbocycles. The first kappa shape index (κ1) is 19.6. The van der Waals surface area contributed by atoms with Gasteiger partial charge in [-0.3, -0.25) is 4.79 Å². The Bertz CT molecular complexity index is 259. The van der Waals surface area contributed by atoms with Crippen molar-refractivity contribution in [2.24, 2.45) is 11.7 Å². The van der Waals surface area contributed by atoms with E-state index in [1.807, 2.05) is 0 Å². The smallest absolute Gasteiger partial charge is 0.236 e. The van der Waals surface area contributed by atoms with E-state index in [9.17, 15) is 4.79 Å². The molecule has 0 bridgehead atoms. The number of carbonyl (C=O) groups excluding carboxylic acids is 1. The Balaban J connectivity index is 0.00000361. The predicted molar refractivity (Wildman–Crippen MR) is 82.1 cm³/mol. The molecule has 1 saturated heterocycles. The number of nitrogens with one attached hydrogen (secondary N) is 1. The largest absolute Gasteiger partial charge is 0.381 e. The highest BCUT2D eigenvalue weighted by Crippen LogP contribution is 2.10. The Morgan fingerprint density at radius 1 is 1.40 bits per heavy atom. The van der Waals surface area contributed by atoms with Crippen LogP contribution >= 0.6 is 12.4 Å². The van der Waals surface area contributed by atoms with E-state index in [-0.39, 0.29) is 18.3 Å². The summed E-state index contributed by atoms with van der Waals surface area (Å²) in [6, 6.07) is -0.392. The zero-order chi connectivity index (χ0) is 14.1. The van der Waals surface area contributed by atoms with Gasteiger partial charge in [-0.05, 0) is 31.6 Å². The number of rotatable bonds is 8. The van der Waals surface area contributed by atoms with Crippen molar-refractivity contribution in [3.05, 3.63) is 0 Å². The molecule has 0 unspecified atom stereocenters. The second-order valence-electron chi connectivity index (χ2n) is 5.56. The maximum absolute atomic E-state index is 11.6. The summed E-state index contributed by atoms with van der Waals surface area (Å²) < 4.78 is 11.0. The van der Waals surface area contributed by atoms with Crippen LogP contribution in [0.1, 0.15) is 39.5 Å². The van der Waals surface area contributed by atoms with Crippen LogP contribution in [0.25, 0.3) is 0 Å². The monoisotopic (exact) mass is 308 g/mol. The van der Waals surface area contributed by atoms with E-state index in [2.05, 4.69) is 19.2 Å². The number of amides is 1. The van der Waals surface area contributed by atoms with Gasteiger partial charge in [-0.1, -0.05) is 13.8 Å². The van der Waals surface area contributed by atoms with Gasteiger partial charge in [0, 0.05) is 26.4 Å². The van der Waals surface area contributed by atoms with Crippen LogP contribution in [0.2, 0.25) is 0 Å². The molecule has 1 rings (SSSR count). The second kappa shape index (κ2) is 11.3. The molecular weight excluding hydrogens is 280 g/mol. The van der Waals surface area contributed by atoms with Gasteiger partial charge < -0.3 is 20.5 Å². The standard InChI is InChI=1S/C14H28N2O3.ClH/c1-11(2)10-13(15)14(17)16-6-3-7-19-12-4-8-18-9-5-12;/h11-13H,3-10,15H2,1-2H3,(H,16,17);1H/t13-;/m0./s1. The molecule has 0 aromatic carbocycles. The molecule has 0 aromatic rings. The Morgan fingerprint density at radius 3 is 2.65 bits per heavy atom. The molecule has 120 valence electrons. The van der Waals surface area contributed by atoms with E-state index in [1.54, 1.807) is 0 Å². The average molecular weight is 309 g/mol. The summed E-state index contributed by atoms with van der Waals surface area (Å²) in [7, 11) is 0. The second-order valence-corrected chi connectivity index (χ2v) is 5.56. The van der Waals surface area contributed by atoms with E-state index in [4.69, 9.17) is 15.2 Å². The van der Waals surface area contributed by atoms with Crippen LogP contribution in [-0.2, 0) is 14.3 Å². The highest BCUT2D eigenvalue weighted by atomic mass is 35.5. The number of halogens is 1. The molecule has 1 aliphatic rings. The van der Waals surface area contributed by atoms with Crippen LogP contribution in [0, 0.1) is 5.92 Å². The van der Waals surface area contributed by atoms with Crippen LogP contribution < -0.4 is 11.1 Å². The third-order valence-corrected chi connectivity index (χ3v) is 3.20. The van der Waals surface area contributed by atoms with Crippen molar-refractivity contribution in [2.75, 3.05) is 26.4 Å². The van der Waals surface area contributed by atoms with Gasteiger partial charge in [0.05, 0.1) is 12.1 Å². The number of hydrogen-bond acceptors (Lipinski definition) is 4. The minimum Gasteiger partial charge on any atom is -0.381 e. The zero-order valence-corrected chi connectivity index (χ0v) is 13.4. The van der Waals surface area contributed by atoms with Gasteiger partial charge >= 0.3 is 0 Å². The Kier molecular flexibility index (Phi) is 11.1. The summed E-state index contributed by atoms with van der Waals surface area (Å²) in [5.74, 6) is 0.386. The number of hydrogen-bond donors (Lipinski definition) is 2. The molecule has 3 N–H and O–H groups in total. The van der Waals surface area contributed by atoms with Crippen LogP contribution in [0.15, 0.2) is 0 Å². The maximum atomic E-state index is 11.6. The van der Waals surface area contributed by atoms with E-state index in [0.29, 0.717) is 25.2 Å². The molecule has 5 nitrogen and oxygen atoms in total. The summed E-state index contributed by atoms with van der Waals surface area (Å²) in [4.78, 5) is 11.6. The molecular formula is C14H29ClN2O3. The highest BCUT2D eigenvalue weighted by molar-refractivity contribution is 5.85. The van der Waals surface area contributed by atoms with Crippen molar-refractivity contribution < 1.29 is 14.3 Å². The lowest BCUT2D eigenvalue weighted by Crippen LogP contribution is -2.41. The van der Waals surface area contributed by atoms with Gasteiger partial charge in [-0.15, -0.1) is 12.4 Å². The molecule has 1 amide bonds. The molecule has 0 spiro atoms. The van der Waals surface area contributed by atoms with E-state index >= 15 is 0 Å². The lowest BCUT2D eigenvalue weighted by molar-refractivity contribution is -0.122. The SMILES string of the molecule is CC(C)C[C@H](N)C(=O)NCCCOC1CCOCC1.Cl. The fourth-order valence-electron chi connectivity index (χ4n) is 2.12. The maximum Gasteiger partial charge on any atom is 0.236 e. The van der Waals surface area contributed by atoms with E-state index in [0.717, 1.165) is 38.9 Å². The molecule has 1 heterocycles. The first-order valence-corrected chi connectivity index (χ1v) is 7.32. The minimum absolute atomic E-state index is 0. The normalized spacial score (nSPS) is 17.6. The molecule has 6 heteroatoms. The minimum atomic E-state index is -0.392. The summed E-state index contributed by atoms with van der Waals surface area (Å²) in [6.45, 7) is 7.04. The first-order valence-electron chi connectivity index (χ1n) is 7.32. The van der Waals surface area contributed by atoms with Crippen molar-refractivity contribution in [2.45, 2.75) is 51.7 Å². The Hall–Kier alpha value is -0.360. The topological polar surface area (TPSA) is 73.6 Å². The quantitative estimate of drug-likeness (QED) is 0.666. The van der Waals surface area contributed by atoms with Gasteiger partial charge in [-0.2, -0.15) is 0 Å². The van der Waals surface area contributed by atoms with Gasteiger partial charge in [0.2, 0.25) is 5.91 Å². The summed E-state index contributed by atoms with van der Waals surface area (Å²) >= 11 is 0. The third kappa shape index (κ3) is 8.74. The highest BCUT2D eigenvalue weighted by Gasteiger charge is 2.15. The van der Waals surface area contributed by atoms with Crippen molar-refractivity contribution in [1.29, 1.82) is 0 Å². The van der Waals surface area contributed by atoms with Crippen LogP contribution in [-0.4, -0.2) is 44.4 Å². The molecule has 0 radical (unpaired) electrons. The first-order chi connectivity index (χ1) is 9.09. The summed E-state index contributed by atoms with van der Waals surface area (Å²) in [5, 5.41) is 2.86. The lowest BCUT2D eigenvalue weighted by Gasteiger charge is -2.22. The van der Waals surface area contributed by atoms with Crippen molar-refractivity contribution in [3.63, 3.8) is 0 Å². The molecule has 1 atom stereocenters. The van der Waals surface area contributed by atoms with E-state index < -0.39 is 6.04 Å². The van der Waals surface area contributed by atoms with Crippen LogP contribution in [0.3, 0.4) is 0 Å². The predicted octanol–water partition coefficient (Wildman–Crippen LogP) is 1.48.